The normalized spacial score (nSPS) is 12.1. The molecule has 1 unspecified atom stereocenters. The zero-order valence-electron chi connectivity index (χ0n) is 10.00. The topological polar surface area (TPSA) is 46.5 Å². The molecule has 3 nitrogen and oxygen atoms in total. The number of hydrogen-bond donors (Lipinski definition) is 1. The summed E-state index contributed by atoms with van der Waals surface area (Å²) in [7, 11) is 1.37. The second-order valence-corrected chi connectivity index (χ2v) is 4.74. The first kappa shape index (κ1) is 12.8. The van der Waals surface area contributed by atoms with E-state index in [-0.39, 0.29) is 12.4 Å². The molecule has 0 radical (unpaired) electrons. The van der Waals surface area contributed by atoms with Gasteiger partial charge >= 0.3 is 5.97 Å². The van der Waals surface area contributed by atoms with Crippen LogP contribution in [0.25, 0.3) is 0 Å². The van der Waals surface area contributed by atoms with Crippen LogP contribution in [0.3, 0.4) is 0 Å². The van der Waals surface area contributed by atoms with Crippen molar-refractivity contribution in [3.8, 4) is 0 Å². The van der Waals surface area contributed by atoms with Crippen molar-refractivity contribution in [3.05, 3.63) is 57.8 Å². The first-order valence-electron chi connectivity index (χ1n) is 5.56. The number of carbonyl (C=O) groups is 1. The highest BCUT2D eigenvalue weighted by atomic mass is 32.1. The molecule has 0 bridgehead atoms. The van der Waals surface area contributed by atoms with Crippen LogP contribution in [0.1, 0.15) is 22.8 Å². The molecule has 0 aliphatic heterocycles. The smallest absolute Gasteiger partial charge is 0.309 e. The average Bonchev–Trinajstić information content (AvgIpc) is 2.92. The van der Waals surface area contributed by atoms with Crippen molar-refractivity contribution in [2.24, 2.45) is 0 Å². The summed E-state index contributed by atoms with van der Waals surface area (Å²) in [4.78, 5) is 11.2. The Morgan fingerprint density at radius 3 is 2.89 bits per heavy atom. The van der Waals surface area contributed by atoms with Crippen molar-refractivity contribution < 1.29 is 14.6 Å². The lowest BCUT2D eigenvalue weighted by Gasteiger charge is -2.10. The van der Waals surface area contributed by atoms with Crippen LogP contribution in [0.15, 0.2) is 41.1 Å². The van der Waals surface area contributed by atoms with Gasteiger partial charge in [0.25, 0.3) is 0 Å². The third kappa shape index (κ3) is 2.97. The molecule has 0 saturated carbocycles. The minimum atomic E-state index is -0.645. The molecule has 0 amide bonds. The number of aliphatic hydroxyl groups excluding tert-OH is 1. The number of thiophene rings is 1. The van der Waals surface area contributed by atoms with Gasteiger partial charge in [-0.1, -0.05) is 24.3 Å². The Kier molecular flexibility index (Phi) is 4.12. The van der Waals surface area contributed by atoms with E-state index >= 15 is 0 Å². The Morgan fingerprint density at radius 1 is 1.39 bits per heavy atom. The van der Waals surface area contributed by atoms with Gasteiger partial charge in [-0.2, -0.15) is 11.3 Å². The molecule has 1 N–H and O–H groups in total. The number of methoxy groups -OCH3 is 1. The SMILES string of the molecule is COC(=O)Cc1cccc(C(O)c2ccsc2)c1. The number of benzene rings is 1. The third-order valence-corrected chi connectivity index (χ3v) is 3.40. The van der Waals surface area contributed by atoms with Gasteiger partial charge in [0, 0.05) is 0 Å². The van der Waals surface area contributed by atoms with E-state index in [0.29, 0.717) is 0 Å². The van der Waals surface area contributed by atoms with Gasteiger partial charge in [-0.3, -0.25) is 4.79 Å². The van der Waals surface area contributed by atoms with E-state index in [9.17, 15) is 9.90 Å². The van der Waals surface area contributed by atoms with E-state index < -0.39 is 6.10 Å². The molecule has 94 valence electrons. The number of rotatable bonds is 4. The van der Waals surface area contributed by atoms with E-state index in [4.69, 9.17) is 0 Å². The number of ether oxygens (including phenoxy) is 1. The van der Waals surface area contributed by atoms with Crippen molar-refractivity contribution in [1.29, 1.82) is 0 Å². The highest BCUT2D eigenvalue weighted by Crippen LogP contribution is 2.24. The fourth-order valence-electron chi connectivity index (χ4n) is 1.74. The molecule has 18 heavy (non-hydrogen) atoms. The summed E-state index contributed by atoms with van der Waals surface area (Å²) in [6, 6.07) is 9.26. The van der Waals surface area contributed by atoms with Gasteiger partial charge in [0.05, 0.1) is 13.5 Å². The molecule has 0 aliphatic carbocycles. The summed E-state index contributed by atoms with van der Waals surface area (Å²) >= 11 is 1.55. The van der Waals surface area contributed by atoms with Crippen LogP contribution in [-0.4, -0.2) is 18.2 Å². The van der Waals surface area contributed by atoms with Crippen molar-refractivity contribution >= 4 is 17.3 Å². The fraction of sp³-hybridized carbons (Fsp3) is 0.214. The molecule has 1 atom stereocenters. The van der Waals surface area contributed by atoms with Gasteiger partial charge in [0.2, 0.25) is 0 Å². The predicted octanol–water partition coefficient (Wildman–Crippen LogP) is 2.55. The largest absolute Gasteiger partial charge is 0.469 e. The highest BCUT2D eigenvalue weighted by molar-refractivity contribution is 7.07. The minimum absolute atomic E-state index is 0.223. The van der Waals surface area contributed by atoms with E-state index in [1.165, 1.54) is 7.11 Å². The molecule has 0 saturated heterocycles. The molecular weight excluding hydrogens is 248 g/mol. The maximum Gasteiger partial charge on any atom is 0.309 e. The Bertz CT molecular complexity index is 520. The van der Waals surface area contributed by atoms with Gasteiger partial charge in [0.15, 0.2) is 0 Å². The predicted molar refractivity (Wildman–Crippen MR) is 70.5 cm³/mol. The van der Waals surface area contributed by atoms with Crippen molar-refractivity contribution in [3.63, 3.8) is 0 Å². The second kappa shape index (κ2) is 5.80. The maximum atomic E-state index is 11.2. The third-order valence-electron chi connectivity index (χ3n) is 2.70. The molecule has 2 rings (SSSR count). The molecule has 0 fully saturated rings. The zero-order chi connectivity index (χ0) is 13.0. The molecule has 1 heterocycles. The van der Waals surface area contributed by atoms with Gasteiger partial charge in [-0.05, 0) is 33.5 Å². The molecule has 0 spiro atoms. The minimum Gasteiger partial charge on any atom is -0.469 e. The number of aliphatic hydroxyl groups is 1. The molecule has 2 aromatic rings. The lowest BCUT2D eigenvalue weighted by Crippen LogP contribution is -2.05. The van der Waals surface area contributed by atoms with Crippen LogP contribution < -0.4 is 0 Å². The van der Waals surface area contributed by atoms with Gasteiger partial charge < -0.3 is 9.84 Å². The number of carbonyl (C=O) groups excluding carboxylic acids is 1. The summed E-state index contributed by atoms with van der Waals surface area (Å²) in [6.45, 7) is 0. The van der Waals surface area contributed by atoms with Crippen LogP contribution in [-0.2, 0) is 16.0 Å². The van der Waals surface area contributed by atoms with Gasteiger partial charge in [0.1, 0.15) is 6.10 Å². The van der Waals surface area contributed by atoms with Crippen LogP contribution in [0, 0.1) is 0 Å². The average molecular weight is 262 g/mol. The van der Waals surface area contributed by atoms with Crippen molar-refractivity contribution in [1.82, 2.24) is 0 Å². The Balaban J connectivity index is 2.19. The van der Waals surface area contributed by atoms with Crippen LogP contribution in [0.2, 0.25) is 0 Å². The molecule has 1 aromatic heterocycles. The summed E-state index contributed by atoms with van der Waals surface area (Å²) in [5.41, 5.74) is 2.50. The van der Waals surface area contributed by atoms with Gasteiger partial charge in [-0.25, -0.2) is 0 Å². The van der Waals surface area contributed by atoms with Crippen LogP contribution in [0.5, 0.6) is 0 Å². The Hall–Kier alpha value is -1.65. The van der Waals surface area contributed by atoms with Crippen LogP contribution in [0.4, 0.5) is 0 Å². The van der Waals surface area contributed by atoms with Gasteiger partial charge in [-0.15, -0.1) is 0 Å². The summed E-state index contributed by atoms with van der Waals surface area (Å²) in [5.74, 6) is -0.280. The molecule has 4 heteroatoms. The lowest BCUT2D eigenvalue weighted by molar-refractivity contribution is -0.139. The highest BCUT2D eigenvalue weighted by Gasteiger charge is 2.12. The molecular formula is C14H14O3S. The summed E-state index contributed by atoms with van der Waals surface area (Å²) in [6.07, 6.45) is -0.422. The quantitative estimate of drug-likeness (QED) is 0.861. The number of hydrogen-bond acceptors (Lipinski definition) is 4. The monoisotopic (exact) mass is 262 g/mol. The molecule has 1 aromatic carbocycles. The van der Waals surface area contributed by atoms with Crippen molar-refractivity contribution in [2.75, 3.05) is 7.11 Å². The van der Waals surface area contributed by atoms with Crippen LogP contribution >= 0.6 is 11.3 Å². The Labute approximate surface area is 110 Å². The second-order valence-electron chi connectivity index (χ2n) is 3.96. The summed E-state index contributed by atoms with van der Waals surface area (Å²) in [5, 5.41) is 14.0. The molecule has 0 aliphatic rings. The van der Waals surface area contributed by atoms with Crippen molar-refractivity contribution in [2.45, 2.75) is 12.5 Å². The summed E-state index contributed by atoms with van der Waals surface area (Å²) < 4.78 is 4.63. The maximum absolute atomic E-state index is 11.2. The van der Waals surface area contributed by atoms with E-state index in [1.54, 1.807) is 11.3 Å². The lowest BCUT2D eigenvalue weighted by atomic mass is 10.0. The fourth-order valence-corrected chi connectivity index (χ4v) is 2.41. The van der Waals surface area contributed by atoms with E-state index in [1.807, 2.05) is 41.1 Å². The standard InChI is InChI=1S/C14H14O3S/c1-17-13(15)8-10-3-2-4-11(7-10)14(16)12-5-6-18-9-12/h2-7,9,14,16H,8H2,1H3. The van der Waals surface area contributed by atoms with E-state index in [0.717, 1.165) is 16.7 Å². The van der Waals surface area contributed by atoms with E-state index in [2.05, 4.69) is 4.74 Å². The first-order chi connectivity index (χ1) is 8.70. The number of esters is 1. The zero-order valence-corrected chi connectivity index (χ0v) is 10.8. The first-order valence-corrected chi connectivity index (χ1v) is 6.51. The Morgan fingerprint density at radius 2 is 2.22 bits per heavy atom.